The fourth-order valence-electron chi connectivity index (χ4n) is 2.52. The second-order valence-electron chi connectivity index (χ2n) is 5.29. The minimum Gasteiger partial charge on any atom is -0.470 e. The van der Waals surface area contributed by atoms with Crippen molar-refractivity contribution < 1.29 is 29.1 Å². The van der Waals surface area contributed by atoms with Crippen molar-refractivity contribution in [3.05, 3.63) is 30.3 Å². The van der Waals surface area contributed by atoms with Gasteiger partial charge in [-0.15, -0.1) is 0 Å². The third kappa shape index (κ3) is 3.20. The van der Waals surface area contributed by atoms with Crippen LogP contribution in [0.25, 0.3) is 10.9 Å². The van der Waals surface area contributed by atoms with E-state index in [0.717, 1.165) is 10.9 Å². The summed E-state index contributed by atoms with van der Waals surface area (Å²) >= 11 is 8.36. The Balaban J connectivity index is 1.86. The number of ether oxygens (including phenoxy) is 2. The highest BCUT2D eigenvalue weighted by Gasteiger charge is 2.54. The smallest absolute Gasteiger partial charge is 0.192 e. The third-order valence-corrected chi connectivity index (χ3v) is 4.71. The number of H-pyrrole nitrogens is 1. The Morgan fingerprint density at radius 1 is 1.30 bits per heavy atom. The number of aliphatic hydroxyl groups excluding tert-OH is 3. The Hall–Kier alpha value is -0.870. The first-order valence-corrected chi connectivity index (χ1v) is 7.93. The fourth-order valence-corrected chi connectivity index (χ4v) is 3.38. The van der Waals surface area contributed by atoms with Crippen molar-refractivity contribution in [2.24, 2.45) is 0 Å². The van der Waals surface area contributed by atoms with Gasteiger partial charge in [-0.3, -0.25) is 4.29 Å². The fraction of sp³-hybridized carbons (Fsp3) is 0.429. The normalized spacial score (nSPS) is 34.7. The van der Waals surface area contributed by atoms with Crippen LogP contribution in [0.2, 0.25) is 0 Å². The van der Waals surface area contributed by atoms with Gasteiger partial charge in [0.2, 0.25) is 0 Å². The van der Waals surface area contributed by atoms with Crippen LogP contribution in [0.3, 0.4) is 0 Å². The predicted octanol–water partition coefficient (Wildman–Crippen LogP) is 1.25. The van der Waals surface area contributed by atoms with Gasteiger partial charge >= 0.3 is 0 Å². The van der Waals surface area contributed by atoms with Crippen molar-refractivity contribution in [2.45, 2.75) is 29.1 Å². The molecule has 0 bridgehead atoms. The van der Waals surface area contributed by atoms with Gasteiger partial charge in [-0.2, -0.15) is 0 Å². The van der Waals surface area contributed by atoms with Crippen LogP contribution in [-0.2, 0) is 9.03 Å². The largest absolute Gasteiger partial charge is 0.470 e. The van der Waals surface area contributed by atoms with Crippen molar-refractivity contribution >= 4 is 38.7 Å². The number of aromatic amines is 1. The summed E-state index contributed by atoms with van der Waals surface area (Å²) < 4.78 is 13.8. The summed E-state index contributed by atoms with van der Waals surface area (Å²) in [5.74, 6) is 0.338. The summed E-state index contributed by atoms with van der Waals surface area (Å²) in [6, 6.07) is 9.23. The number of rotatable bonds is 4. The highest BCUT2D eigenvalue weighted by molar-refractivity contribution is 9.10. The van der Waals surface area contributed by atoms with Gasteiger partial charge in [0.1, 0.15) is 18.8 Å². The number of halogens is 2. The van der Waals surface area contributed by atoms with E-state index < -0.39 is 29.1 Å². The molecule has 1 aromatic carbocycles. The lowest BCUT2D eigenvalue weighted by atomic mass is 9.99. The van der Waals surface area contributed by atoms with Crippen LogP contribution < -0.4 is 4.74 Å². The molecule has 2 heterocycles. The second kappa shape index (κ2) is 6.56. The maximum atomic E-state index is 10.4. The zero-order valence-corrected chi connectivity index (χ0v) is 14.1. The van der Waals surface area contributed by atoms with Gasteiger partial charge in [0.05, 0.1) is 11.9 Å². The molecule has 1 aliphatic heterocycles. The van der Waals surface area contributed by atoms with Crippen LogP contribution >= 0.6 is 27.8 Å². The van der Waals surface area contributed by atoms with E-state index in [0.29, 0.717) is 5.88 Å². The topological polar surface area (TPSA) is 104 Å². The number of para-hydroxylation sites is 1. The maximum Gasteiger partial charge on any atom is 0.192 e. The maximum absolute atomic E-state index is 10.4. The molecule has 1 aromatic heterocycles. The van der Waals surface area contributed by atoms with Gasteiger partial charge in [-0.25, -0.2) is 0 Å². The number of nitrogens with one attached hydrogen (secondary N) is 1. The van der Waals surface area contributed by atoms with E-state index in [-0.39, 0.29) is 6.61 Å². The molecular formula is C14H15BrClNO6. The second-order valence-corrected chi connectivity index (χ2v) is 6.85. The zero-order valence-electron chi connectivity index (χ0n) is 11.7. The van der Waals surface area contributed by atoms with Crippen molar-refractivity contribution in [1.82, 2.24) is 4.98 Å². The van der Waals surface area contributed by atoms with E-state index in [1.54, 1.807) is 6.07 Å². The lowest BCUT2D eigenvalue weighted by molar-refractivity contribution is -0.290. The number of hydrogen-bond donors (Lipinski definition) is 4. The molecule has 9 heteroatoms. The third-order valence-electron chi connectivity index (χ3n) is 3.72. The van der Waals surface area contributed by atoms with Crippen LogP contribution in [0.15, 0.2) is 30.3 Å². The number of aromatic nitrogens is 1. The van der Waals surface area contributed by atoms with Gasteiger partial charge in [0.25, 0.3) is 0 Å². The minimum absolute atomic E-state index is 0.272. The number of fused-ring (bicyclic) bond motifs is 1. The van der Waals surface area contributed by atoms with Crippen molar-refractivity contribution in [1.29, 1.82) is 0 Å². The van der Waals surface area contributed by atoms with E-state index in [9.17, 15) is 15.3 Å². The lowest BCUT2D eigenvalue weighted by Gasteiger charge is -2.44. The molecule has 0 radical (unpaired) electrons. The van der Waals surface area contributed by atoms with Crippen molar-refractivity contribution in [2.75, 3.05) is 6.61 Å². The Morgan fingerprint density at radius 2 is 2.04 bits per heavy atom. The lowest BCUT2D eigenvalue weighted by Crippen LogP contribution is -2.65. The molecule has 1 aliphatic rings. The molecule has 3 rings (SSSR count). The number of aliphatic hydroxyl groups is 3. The quantitative estimate of drug-likeness (QED) is 0.568. The van der Waals surface area contributed by atoms with Crippen LogP contribution in [0.4, 0.5) is 0 Å². The molecule has 0 amide bonds. The number of benzene rings is 1. The monoisotopic (exact) mass is 407 g/mol. The predicted molar refractivity (Wildman–Crippen MR) is 85.3 cm³/mol. The van der Waals surface area contributed by atoms with Crippen molar-refractivity contribution in [3.63, 3.8) is 0 Å². The van der Waals surface area contributed by atoms with Crippen molar-refractivity contribution in [3.8, 4) is 5.88 Å². The van der Waals surface area contributed by atoms with E-state index in [2.05, 4.69) is 25.2 Å². The molecular weight excluding hydrogens is 394 g/mol. The van der Waals surface area contributed by atoms with E-state index >= 15 is 0 Å². The molecule has 1 fully saturated rings. The van der Waals surface area contributed by atoms with E-state index in [1.807, 2.05) is 24.3 Å². The molecule has 0 unspecified atom stereocenters. The molecule has 126 valence electrons. The van der Waals surface area contributed by atoms with Gasteiger partial charge in [-0.1, -0.05) is 18.2 Å². The summed E-state index contributed by atoms with van der Waals surface area (Å²) in [5.41, 5.74) is 0.841. The molecule has 7 nitrogen and oxygen atoms in total. The minimum atomic E-state index is -1.58. The van der Waals surface area contributed by atoms with Crippen LogP contribution in [0.5, 0.6) is 5.88 Å². The summed E-state index contributed by atoms with van der Waals surface area (Å²) in [5, 5.41) is 31.3. The van der Waals surface area contributed by atoms with Crippen LogP contribution in [0, 0.1) is 0 Å². The summed E-state index contributed by atoms with van der Waals surface area (Å²) in [7, 11) is 0. The standard InChI is InChI=1S/C14H15BrClNO6/c15-14(6-21-16)12(19)11(10(18)13(20)23-14)22-9-5-7-3-1-2-4-8(7)17-9/h1-5,10-13,17-20H,6H2/t10-,11-,12+,13-,14-/m1/s1. The molecule has 1 saturated heterocycles. The molecule has 2 aromatic rings. The average Bonchev–Trinajstić information content (AvgIpc) is 2.92. The molecule has 5 atom stereocenters. The molecule has 0 spiro atoms. The first-order valence-electron chi connectivity index (χ1n) is 6.83. The zero-order chi connectivity index (χ0) is 16.6. The summed E-state index contributed by atoms with van der Waals surface area (Å²) in [6.45, 7) is -0.272. The van der Waals surface area contributed by atoms with Gasteiger partial charge in [0, 0.05) is 17.0 Å². The molecule has 0 saturated carbocycles. The van der Waals surface area contributed by atoms with Crippen LogP contribution in [-0.4, -0.2) is 56.0 Å². The number of hydrogen-bond acceptors (Lipinski definition) is 6. The average molecular weight is 409 g/mol. The summed E-state index contributed by atoms with van der Waals surface area (Å²) in [6.07, 6.45) is -5.57. The highest BCUT2D eigenvalue weighted by atomic mass is 79.9. The van der Waals surface area contributed by atoms with Gasteiger partial charge in [0.15, 0.2) is 22.8 Å². The Labute approximate surface area is 145 Å². The Morgan fingerprint density at radius 3 is 2.74 bits per heavy atom. The first kappa shape index (κ1) is 17.0. The Bertz CT molecular complexity index is 651. The molecule has 23 heavy (non-hydrogen) atoms. The van der Waals surface area contributed by atoms with E-state index in [4.69, 9.17) is 21.3 Å². The van der Waals surface area contributed by atoms with Gasteiger partial charge in [-0.05, 0) is 22.0 Å². The molecule has 0 aliphatic carbocycles. The van der Waals surface area contributed by atoms with Gasteiger partial charge < -0.3 is 29.8 Å². The first-order chi connectivity index (χ1) is 10.9. The van der Waals surface area contributed by atoms with E-state index in [1.165, 1.54) is 0 Å². The Kier molecular flexibility index (Phi) is 4.84. The molecule has 4 N–H and O–H groups in total. The highest BCUT2D eigenvalue weighted by Crippen LogP contribution is 2.37. The number of alkyl halides is 1. The summed E-state index contributed by atoms with van der Waals surface area (Å²) in [4.78, 5) is 3.02. The SMILES string of the molecule is O[C@@H]1[C@@H](Oc2cc3ccccc3[nH]2)[C@H](O)[C@@](Br)(COCl)O[C@H]1O. The van der Waals surface area contributed by atoms with Crippen LogP contribution in [0.1, 0.15) is 0 Å².